The molecular formula is C37H36N4O5S. The summed E-state index contributed by atoms with van der Waals surface area (Å²) in [5, 5.41) is 4.98. The van der Waals surface area contributed by atoms with Crippen molar-refractivity contribution in [3.63, 3.8) is 0 Å². The molecular weight excluding hydrogens is 612 g/mol. The summed E-state index contributed by atoms with van der Waals surface area (Å²) in [6.45, 7) is 6.59. The van der Waals surface area contributed by atoms with Crippen LogP contribution in [-0.4, -0.2) is 41.1 Å². The van der Waals surface area contributed by atoms with Crippen LogP contribution >= 0.6 is 11.3 Å². The highest BCUT2D eigenvalue weighted by Gasteiger charge is 2.33. The molecule has 3 heterocycles. The number of rotatable bonds is 10. The van der Waals surface area contributed by atoms with E-state index in [0.717, 1.165) is 52.2 Å². The number of benzene rings is 3. The number of ether oxygens (including phenoxy) is 3. The topological polar surface area (TPSA) is 96.9 Å². The zero-order valence-corrected chi connectivity index (χ0v) is 27.8. The number of thiazole rings is 1. The van der Waals surface area contributed by atoms with Crippen molar-refractivity contribution in [1.82, 2.24) is 14.3 Å². The zero-order chi connectivity index (χ0) is 33.1. The molecule has 1 atom stereocenters. The van der Waals surface area contributed by atoms with E-state index >= 15 is 0 Å². The number of allylic oxidation sites excluding steroid dienone is 1. The van der Waals surface area contributed by atoms with Crippen LogP contribution in [0.15, 0.2) is 100 Å². The van der Waals surface area contributed by atoms with Crippen LogP contribution in [0.5, 0.6) is 11.5 Å². The molecule has 0 saturated carbocycles. The highest BCUT2D eigenvalue weighted by molar-refractivity contribution is 7.07. The Labute approximate surface area is 276 Å². The maximum atomic E-state index is 14.3. The fraction of sp³-hybridized carbons (Fsp3) is 0.243. The lowest BCUT2D eigenvalue weighted by molar-refractivity contribution is -0.136. The Bertz CT molecular complexity index is 2140. The van der Waals surface area contributed by atoms with Gasteiger partial charge in [-0.25, -0.2) is 14.5 Å². The molecule has 0 saturated heterocycles. The molecule has 2 aromatic heterocycles. The van der Waals surface area contributed by atoms with Crippen molar-refractivity contribution in [1.29, 1.82) is 0 Å². The first kappa shape index (κ1) is 31.7. The molecule has 0 radical (unpaired) electrons. The molecule has 0 amide bonds. The average molecular weight is 649 g/mol. The van der Waals surface area contributed by atoms with Gasteiger partial charge in [-0.3, -0.25) is 9.36 Å². The Morgan fingerprint density at radius 3 is 2.47 bits per heavy atom. The van der Waals surface area contributed by atoms with Crippen molar-refractivity contribution in [2.75, 3.05) is 20.8 Å². The minimum atomic E-state index is -0.721. The molecule has 240 valence electrons. The smallest absolute Gasteiger partial charge is 0.338 e. The summed E-state index contributed by atoms with van der Waals surface area (Å²) in [5.74, 6) is 0.973. The van der Waals surface area contributed by atoms with E-state index in [1.165, 1.54) is 18.4 Å². The Kier molecular flexibility index (Phi) is 9.22. The molecule has 0 fully saturated rings. The molecule has 10 heteroatoms. The number of methoxy groups -OCH3 is 2. The van der Waals surface area contributed by atoms with E-state index in [9.17, 15) is 9.59 Å². The Morgan fingerprint density at radius 1 is 1.02 bits per heavy atom. The molecule has 9 nitrogen and oxygen atoms in total. The standard InChI is InChI=1S/C37H36N4O5S/c1-6-7-19-46-30-18-15-26(20-23(30)2)33-27(22-40(39-33)28-11-9-8-10-12-28)21-31-35(42)41-34(25-13-16-29(44-4)17-14-25)32(36(43)45-5)24(3)38-37(41)47-31/h8-18,20-22,34H,6-7,19H2,1-5H3. The van der Waals surface area contributed by atoms with Crippen LogP contribution < -0.4 is 24.4 Å². The lowest BCUT2D eigenvalue weighted by Crippen LogP contribution is -2.39. The van der Waals surface area contributed by atoms with E-state index in [0.29, 0.717) is 33.0 Å². The summed E-state index contributed by atoms with van der Waals surface area (Å²) in [7, 11) is 2.92. The maximum Gasteiger partial charge on any atom is 0.338 e. The van der Waals surface area contributed by atoms with Crippen LogP contribution in [0.25, 0.3) is 23.0 Å². The summed E-state index contributed by atoms with van der Waals surface area (Å²) in [5.41, 5.74) is 5.57. The van der Waals surface area contributed by atoms with Crippen LogP contribution in [0, 0.1) is 6.92 Å². The van der Waals surface area contributed by atoms with Crippen molar-refractivity contribution < 1.29 is 19.0 Å². The van der Waals surface area contributed by atoms with Gasteiger partial charge < -0.3 is 14.2 Å². The minimum absolute atomic E-state index is 0.266. The van der Waals surface area contributed by atoms with Gasteiger partial charge in [-0.2, -0.15) is 5.10 Å². The number of hydrogen-bond donors (Lipinski definition) is 0. The fourth-order valence-corrected chi connectivity index (χ4v) is 6.69. The summed E-state index contributed by atoms with van der Waals surface area (Å²) in [6, 6.07) is 22.5. The first-order valence-electron chi connectivity index (χ1n) is 15.5. The third-order valence-electron chi connectivity index (χ3n) is 8.11. The quantitative estimate of drug-likeness (QED) is 0.141. The van der Waals surface area contributed by atoms with Gasteiger partial charge in [-0.15, -0.1) is 0 Å². The molecule has 47 heavy (non-hydrogen) atoms. The summed E-state index contributed by atoms with van der Waals surface area (Å²) < 4.78 is 20.4. The van der Waals surface area contributed by atoms with Gasteiger partial charge in [0.25, 0.3) is 5.56 Å². The van der Waals surface area contributed by atoms with Gasteiger partial charge in [0.15, 0.2) is 4.80 Å². The first-order chi connectivity index (χ1) is 22.8. The number of para-hydroxylation sites is 1. The highest BCUT2D eigenvalue weighted by atomic mass is 32.1. The van der Waals surface area contributed by atoms with Gasteiger partial charge in [0.2, 0.25) is 0 Å². The molecule has 5 aromatic rings. The molecule has 0 bridgehead atoms. The summed E-state index contributed by atoms with van der Waals surface area (Å²) in [6.07, 6.45) is 5.84. The number of fused-ring (bicyclic) bond motifs is 1. The van der Waals surface area contributed by atoms with E-state index in [1.54, 1.807) is 18.6 Å². The van der Waals surface area contributed by atoms with Gasteiger partial charge >= 0.3 is 5.97 Å². The molecule has 0 spiro atoms. The van der Waals surface area contributed by atoms with E-state index in [4.69, 9.17) is 24.3 Å². The fourth-order valence-electron chi connectivity index (χ4n) is 5.65. The van der Waals surface area contributed by atoms with Crippen LogP contribution in [0.3, 0.4) is 0 Å². The van der Waals surface area contributed by atoms with E-state index in [-0.39, 0.29) is 5.56 Å². The molecule has 0 N–H and O–H groups in total. The Hall–Kier alpha value is -5.22. The first-order valence-corrected chi connectivity index (χ1v) is 16.3. The lowest BCUT2D eigenvalue weighted by atomic mass is 9.96. The van der Waals surface area contributed by atoms with Gasteiger partial charge in [-0.05, 0) is 79.9 Å². The second-order valence-electron chi connectivity index (χ2n) is 11.2. The van der Waals surface area contributed by atoms with Gasteiger partial charge in [0.1, 0.15) is 17.2 Å². The number of aryl methyl sites for hydroxylation is 1. The molecule has 1 aliphatic rings. The molecule has 6 rings (SSSR count). The highest BCUT2D eigenvalue weighted by Crippen LogP contribution is 2.32. The van der Waals surface area contributed by atoms with E-state index in [1.807, 2.05) is 90.6 Å². The predicted molar refractivity (Wildman–Crippen MR) is 183 cm³/mol. The third-order valence-corrected chi connectivity index (χ3v) is 9.10. The molecule has 0 aliphatic carbocycles. The molecule has 3 aromatic carbocycles. The monoisotopic (exact) mass is 648 g/mol. The van der Waals surface area contributed by atoms with Crippen molar-refractivity contribution in [2.45, 2.75) is 39.7 Å². The molecule has 1 unspecified atom stereocenters. The van der Waals surface area contributed by atoms with Crippen molar-refractivity contribution in [2.24, 2.45) is 4.99 Å². The number of carbonyl (C=O) groups excluding carboxylic acids is 1. The SMILES string of the molecule is CCCCOc1ccc(-c2nn(-c3ccccc3)cc2C=c2sc3n(c2=O)C(c2ccc(OC)cc2)C(C(=O)OC)=C(C)N=3)cc1C. The van der Waals surface area contributed by atoms with Gasteiger partial charge in [0, 0.05) is 17.3 Å². The average Bonchev–Trinajstić information content (AvgIpc) is 3.65. The predicted octanol–water partition coefficient (Wildman–Crippen LogP) is 5.76. The van der Waals surface area contributed by atoms with E-state index < -0.39 is 12.0 Å². The number of aromatic nitrogens is 3. The zero-order valence-electron chi connectivity index (χ0n) is 27.0. The summed E-state index contributed by atoms with van der Waals surface area (Å²) in [4.78, 5) is 32.5. The normalized spacial score (nSPS) is 14.5. The van der Waals surface area contributed by atoms with Gasteiger partial charge in [-0.1, -0.05) is 55.0 Å². The lowest BCUT2D eigenvalue weighted by Gasteiger charge is -2.24. The van der Waals surface area contributed by atoms with Crippen LogP contribution in [0.4, 0.5) is 0 Å². The van der Waals surface area contributed by atoms with Crippen LogP contribution in [0.2, 0.25) is 0 Å². The van der Waals surface area contributed by atoms with Crippen molar-refractivity contribution in [3.8, 4) is 28.4 Å². The van der Waals surface area contributed by atoms with Crippen LogP contribution in [-0.2, 0) is 9.53 Å². The third kappa shape index (κ3) is 6.29. The second-order valence-corrected chi connectivity index (χ2v) is 12.3. The van der Waals surface area contributed by atoms with Crippen molar-refractivity contribution in [3.05, 3.63) is 127 Å². The largest absolute Gasteiger partial charge is 0.497 e. The number of esters is 1. The van der Waals surface area contributed by atoms with Crippen molar-refractivity contribution >= 4 is 23.4 Å². The van der Waals surface area contributed by atoms with Crippen LogP contribution in [0.1, 0.15) is 49.4 Å². The summed E-state index contributed by atoms with van der Waals surface area (Å²) >= 11 is 1.27. The minimum Gasteiger partial charge on any atom is -0.497 e. The maximum absolute atomic E-state index is 14.3. The number of nitrogens with zero attached hydrogens (tertiary/aromatic N) is 4. The Morgan fingerprint density at radius 2 is 1.79 bits per heavy atom. The number of unbranched alkanes of at least 4 members (excludes halogenated alkanes) is 1. The number of carbonyl (C=O) groups is 1. The van der Waals surface area contributed by atoms with E-state index in [2.05, 4.69) is 13.0 Å². The molecule has 1 aliphatic heterocycles. The number of hydrogen-bond acceptors (Lipinski definition) is 8. The van der Waals surface area contributed by atoms with Gasteiger partial charge in [0.05, 0.1) is 48.4 Å². The Balaban J connectivity index is 1.51. The second kappa shape index (κ2) is 13.6.